The molecule has 1 aliphatic carbocycles. The lowest BCUT2D eigenvalue weighted by atomic mass is 9.87. The summed E-state index contributed by atoms with van der Waals surface area (Å²) < 4.78 is 23.0. The molecule has 2 aromatic rings. The monoisotopic (exact) mass is 439 g/mol. The zero-order valence-electron chi connectivity index (χ0n) is 19.0. The summed E-state index contributed by atoms with van der Waals surface area (Å²) >= 11 is 0. The Balaban J connectivity index is 1.37. The molecule has 2 saturated heterocycles. The van der Waals surface area contributed by atoms with Crippen molar-refractivity contribution in [2.75, 3.05) is 31.7 Å². The Morgan fingerprint density at radius 3 is 2.28 bits per heavy atom. The average molecular weight is 440 g/mol. The molecule has 32 heavy (non-hydrogen) atoms. The Labute approximate surface area is 189 Å². The number of anilines is 1. The van der Waals surface area contributed by atoms with Gasteiger partial charge in [-0.15, -0.1) is 0 Å². The van der Waals surface area contributed by atoms with Crippen molar-refractivity contribution in [3.8, 4) is 22.8 Å². The van der Waals surface area contributed by atoms with Crippen LogP contribution in [0.15, 0.2) is 24.3 Å². The second-order valence-corrected chi connectivity index (χ2v) is 9.32. The van der Waals surface area contributed by atoms with Gasteiger partial charge in [-0.3, -0.25) is 0 Å². The molecule has 1 atom stereocenters. The maximum absolute atomic E-state index is 6.24. The van der Waals surface area contributed by atoms with Crippen molar-refractivity contribution >= 4 is 5.95 Å². The van der Waals surface area contributed by atoms with E-state index in [1.165, 1.54) is 12.8 Å². The molecule has 172 valence electrons. The molecule has 2 aliphatic heterocycles. The predicted molar refractivity (Wildman–Crippen MR) is 122 cm³/mol. The first-order valence-corrected chi connectivity index (χ1v) is 11.9. The molecule has 7 heteroatoms. The van der Waals surface area contributed by atoms with Gasteiger partial charge < -0.3 is 24.3 Å². The van der Waals surface area contributed by atoms with Crippen molar-refractivity contribution in [3.05, 3.63) is 30.0 Å². The van der Waals surface area contributed by atoms with E-state index in [1.807, 2.05) is 19.1 Å². The van der Waals surface area contributed by atoms with Crippen LogP contribution in [0.25, 0.3) is 11.1 Å². The zero-order chi connectivity index (χ0) is 21.9. The van der Waals surface area contributed by atoms with Crippen molar-refractivity contribution in [2.45, 2.75) is 64.2 Å². The number of aryl methyl sites for hydroxylation is 1. The van der Waals surface area contributed by atoms with Crippen molar-refractivity contribution in [1.29, 1.82) is 0 Å². The smallest absolute Gasteiger partial charge is 0.226 e. The number of benzene rings is 1. The molecule has 3 heterocycles. The molecule has 3 fully saturated rings. The lowest BCUT2D eigenvalue weighted by Gasteiger charge is -2.29. The molecule has 5 rings (SSSR count). The van der Waals surface area contributed by atoms with Gasteiger partial charge in [-0.25, -0.2) is 4.98 Å². The first-order valence-electron chi connectivity index (χ1n) is 11.9. The summed E-state index contributed by atoms with van der Waals surface area (Å²) in [5.41, 5.74) is 2.85. The first-order chi connectivity index (χ1) is 15.6. The number of hydrogen-bond donors (Lipinski definition) is 1. The van der Waals surface area contributed by atoms with Gasteiger partial charge in [0.2, 0.25) is 11.8 Å². The van der Waals surface area contributed by atoms with Crippen molar-refractivity contribution in [1.82, 2.24) is 9.97 Å². The normalized spacial score (nSPS) is 25.9. The Morgan fingerprint density at radius 1 is 0.875 bits per heavy atom. The van der Waals surface area contributed by atoms with Crippen LogP contribution in [0.1, 0.15) is 44.7 Å². The van der Waals surface area contributed by atoms with Gasteiger partial charge in [-0.1, -0.05) is 19.1 Å². The Bertz CT molecular complexity index is 902. The number of nitrogens with zero attached hydrogens (tertiary/aromatic N) is 2. The van der Waals surface area contributed by atoms with Gasteiger partial charge in [0, 0.05) is 12.5 Å². The minimum Gasteiger partial charge on any atom is -0.488 e. The van der Waals surface area contributed by atoms with E-state index >= 15 is 0 Å². The fraction of sp³-hybridized carbons (Fsp3) is 0.600. The highest BCUT2D eigenvalue weighted by Crippen LogP contribution is 2.35. The molecule has 0 radical (unpaired) electrons. The second kappa shape index (κ2) is 9.63. The van der Waals surface area contributed by atoms with E-state index in [9.17, 15) is 0 Å². The third-order valence-electron chi connectivity index (χ3n) is 6.63. The van der Waals surface area contributed by atoms with Crippen LogP contribution in [0.5, 0.6) is 11.6 Å². The molecule has 1 aromatic carbocycles. The molecule has 0 bridgehead atoms. The number of nitrogens with one attached hydrogen (secondary N) is 1. The summed E-state index contributed by atoms with van der Waals surface area (Å²) in [4.78, 5) is 9.60. The fourth-order valence-corrected chi connectivity index (χ4v) is 4.55. The van der Waals surface area contributed by atoms with Crippen molar-refractivity contribution in [3.63, 3.8) is 0 Å². The molecule has 0 unspecified atom stereocenters. The Hall–Kier alpha value is -2.38. The van der Waals surface area contributed by atoms with Gasteiger partial charge in [0.25, 0.3) is 0 Å². The maximum atomic E-state index is 6.24. The van der Waals surface area contributed by atoms with E-state index in [0.717, 1.165) is 54.4 Å². The van der Waals surface area contributed by atoms with Crippen LogP contribution >= 0.6 is 0 Å². The average Bonchev–Trinajstić information content (AvgIpc) is 3.26. The van der Waals surface area contributed by atoms with Crippen LogP contribution in [0, 0.1) is 12.8 Å². The van der Waals surface area contributed by atoms with E-state index < -0.39 is 0 Å². The van der Waals surface area contributed by atoms with Crippen LogP contribution in [-0.2, 0) is 9.47 Å². The van der Waals surface area contributed by atoms with E-state index in [4.69, 9.17) is 28.9 Å². The van der Waals surface area contributed by atoms with Gasteiger partial charge in [-0.05, 0) is 56.2 Å². The summed E-state index contributed by atoms with van der Waals surface area (Å²) in [6.45, 7) is 6.98. The third-order valence-corrected chi connectivity index (χ3v) is 6.63. The van der Waals surface area contributed by atoms with Crippen LogP contribution in [0.3, 0.4) is 0 Å². The largest absolute Gasteiger partial charge is 0.488 e. The van der Waals surface area contributed by atoms with Crippen LogP contribution in [0.4, 0.5) is 5.95 Å². The quantitative estimate of drug-likeness (QED) is 0.686. The van der Waals surface area contributed by atoms with Gasteiger partial charge in [0.1, 0.15) is 18.0 Å². The SMILES string of the molecule is Cc1nc(NC2CCC(C)CC2)nc(OC2COC2)c1-c1ccc(O[C@H]2CCOC2)cc1. The lowest BCUT2D eigenvalue weighted by molar-refractivity contribution is -0.0811. The Morgan fingerprint density at radius 2 is 1.62 bits per heavy atom. The summed E-state index contributed by atoms with van der Waals surface area (Å²) in [6.07, 6.45) is 5.92. The number of rotatable bonds is 7. The molecule has 0 amide bonds. The Kier molecular flexibility index (Phi) is 6.46. The number of ether oxygens (including phenoxy) is 4. The van der Waals surface area contributed by atoms with Crippen LogP contribution < -0.4 is 14.8 Å². The van der Waals surface area contributed by atoms with Crippen molar-refractivity contribution < 1.29 is 18.9 Å². The fourth-order valence-electron chi connectivity index (χ4n) is 4.55. The molecular weight excluding hydrogens is 406 g/mol. The van der Waals surface area contributed by atoms with Gasteiger partial charge in [0.15, 0.2) is 0 Å². The second-order valence-electron chi connectivity index (χ2n) is 9.32. The highest BCUT2D eigenvalue weighted by atomic mass is 16.6. The van der Waals surface area contributed by atoms with Gasteiger partial charge >= 0.3 is 0 Å². The standard InChI is InChI=1S/C25H33N3O4/c1-16-3-7-19(8-4-16)27-25-26-17(2)23(24(28-25)32-22-14-30-15-22)18-5-9-20(10-6-18)31-21-11-12-29-13-21/h5-6,9-10,16,19,21-22H,3-4,7-8,11-15H2,1-2H3,(H,26,27,28)/t16?,19?,21-/m0/s1. The summed E-state index contributed by atoms with van der Waals surface area (Å²) in [6, 6.07) is 8.53. The lowest BCUT2D eigenvalue weighted by Crippen LogP contribution is -2.39. The van der Waals surface area contributed by atoms with Crippen molar-refractivity contribution in [2.24, 2.45) is 5.92 Å². The van der Waals surface area contributed by atoms with Gasteiger partial charge in [0.05, 0.1) is 37.7 Å². The van der Waals surface area contributed by atoms with E-state index in [2.05, 4.69) is 24.4 Å². The van der Waals surface area contributed by atoms with E-state index in [1.54, 1.807) is 0 Å². The molecular formula is C25H33N3O4. The highest BCUT2D eigenvalue weighted by Gasteiger charge is 2.26. The summed E-state index contributed by atoms with van der Waals surface area (Å²) in [5.74, 6) is 2.93. The topological polar surface area (TPSA) is 74.7 Å². The first kappa shape index (κ1) is 21.5. The zero-order valence-corrected chi connectivity index (χ0v) is 19.0. The minimum absolute atomic E-state index is 0.0383. The molecule has 0 spiro atoms. The molecule has 3 aliphatic rings. The minimum atomic E-state index is 0.0383. The van der Waals surface area contributed by atoms with E-state index in [0.29, 0.717) is 37.7 Å². The highest BCUT2D eigenvalue weighted by molar-refractivity contribution is 5.72. The molecule has 7 nitrogen and oxygen atoms in total. The maximum Gasteiger partial charge on any atom is 0.226 e. The van der Waals surface area contributed by atoms with Gasteiger partial charge in [-0.2, -0.15) is 4.98 Å². The number of hydrogen-bond acceptors (Lipinski definition) is 7. The third kappa shape index (κ3) is 4.99. The molecule has 1 aromatic heterocycles. The van der Waals surface area contributed by atoms with Crippen LogP contribution in [0.2, 0.25) is 0 Å². The predicted octanol–water partition coefficient (Wildman–Crippen LogP) is 4.39. The molecule has 1 N–H and O–H groups in total. The summed E-state index contributed by atoms with van der Waals surface area (Å²) in [5, 5.41) is 3.55. The number of aromatic nitrogens is 2. The summed E-state index contributed by atoms with van der Waals surface area (Å²) in [7, 11) is 0. The van der Waals surface area contributed by atoms with Crippen LogP contribution in [-0.4, -0.2) is 54.6 Å². The van der Waals surface area contributed by atoms with E-state index in [-0.39, 0.29) is 12.2 Å². The molecule has 1 saturated carbocycles.